The topological polar surface area (TPSA) is 3.24 Å². The summed E-state index contributed by atoms with van der Waals surface area (Å²) < 4.78 is 0. The molecule has 58 heavy (non-hydrogen) atoms. The molecule has 276 valence electrons. The predicted molar refractivity (Wildman–Crippen MR) is 248 cm³/mol. The third-order valence-corrected chi connectivity index (χ3v) is 13.9. The molecule has 1 saturated carbocycles. The van der Waals surface area contributed by atoms with Crippen LogP contribution in [0.3, 0.4) is 0 Å². The fourth-order valence-corrected chi connectivity index (χ4v) is 11.4. The Labute approximate surface area is 340 Å². The number of hydrogen-bond donors (Lipinski definition) is 0. The lowest BCUT2D eigenvalue weighted by atomic mass is 9.80. The predicted octanol–water partition coefficient (Wildman–Crippen LogP) is 15.8. The van der Waals surface area contributed by atoms with Crippen LogP contribution < -0.4 is 4.90 Å². The number of anilines is 2. The Morgan fingerprint density at radius 2 is 0.983 bits per heavy atom. The van der Waals surface area contributed by atoms with E-state index in [9.17, 15) is 0 Å². The van der Waals surface area contributed by atoms with Crippen LogP contribution in [0.5, 0.6) is 0 Å². The van der Waals surface area contributed by atoms with Crippen LogP contribution in [-0.4, -0.2) is 5.54 Å². The smallest absolute Gasteiger partial charge is 0.0495 e. The first-order valence-corrected chi connectivity index (χ1v) is 20.9. The van der Waals surface area contributed by atoms with Crippen LogP contribution in [0.2, 0.25) is 0 Å². The highest BCUT2D eigenvalue weighted by molar-refractivity contribution is 6.32. The minimum absolute atomic E-state index is 0.0471. The molecule has 12 rings (SSSR count). The summed E-state index contributed by atoms with van der Waals surface area (Å²) in [5.74, 6) is 1.07. The molecule has 10 aromatic carbocycles. The van der Waals surface area contributed by atoms with Crippen molar-refractivity contribution in [3.8, 4) is 44.5 Å². The average molecular weight is 742 g/mol. The van der Waals surface area contributed by atoms with Crippen LogP contribution in [0, 0.1) is 5.92 Å². The first-order valence-electron chi connectivity index (χ1n) is 20.9. The van der Waals surface area contributed by atoms with E-state index in [1.807, 2.05) is 0 Å². The van der Waals surface area contributed by atoms with Crippen LogP contribution in [-0.2, 0) is 0 Å². The number of rotatable bonds is 5. The molecule has 1 nitrogen and oxygen atoms in total. The minimum atomic E-state index is 0.0471. The molecule has 0 spiro atoms. The summed E-state index contributed by atoms with van der Waals surface area (Å²) in [6.45, 7) is 4.98. The fourth-order valence-electron chi connectivity index (χ4n) is 11.4. The molecule has 10 aromatic rings. The Hall–Kier alpha value is -6.70. The van der Waals surface area contributed by atoms with Gasteiger partial charge >= 0.3 is 0 Å². The Balaban J connectivity index is 1.18. The van der Waals surface area contributed by atoms with Gasteiger partial charge < -0.3 is 4.90 Å². The molecule has 3 atom stereocenters. The van der Waals surface area contributed by atoms with E-state index < -0.39 is 0 Å². The van der Waals surface area contributed by atoms with Gasteiger partial charge in [0.15, 0.2) is 0 Å². The van der Waals surface area contributed by atoms with Crippen LogP contribution >= 0.6 is 0 Å². The Morgan fingerprint density at radius 1 is 0.448 bits per heavy atom. The van der Waals surface area contributed by atoms with E-state index in [2.05, 4.69) is 207 Å². The molecule has 0 N–H and O–H groups in total. The van der Waals surface area contributed by atoms with Crippen LogP contribution in [0.15, 0.2) is 188 Å². The van der Waals surface area contributed by atoms with E-state index in [0.29, 0.717) is 11.8 Å². The van der Waals surface area contributed by atoms with Gasteiger partial charge in [0, 0.05) is 22.8 Å². The van der Waals surface area contributed by atoms with Crippen molar-refractivity contribution < 1.29 is 0 Å². The molecule has 0 bridgehead atoms. The lowest BCUT2D eigenvalue weighted by Gasteiger charge is -2.38. The molecule has 1 fully saturated rings. The normalized spacial score (nSPS) is 18.8. The van der Waals surface area contributed by atoms with Crippen LogP contribution in [0.1, 0.15) is 38.2 Å². The molecule has 0 amide bonds. The van der Waals surface area contributed by atoms with Crippen molar-refractivity contribution in [2.75, 3.05) is 4.90 Å². The van der Waals surface area contributed by atoms with Crippen LogP contribution in [0.25, 0.3) is 87.6 Å². The molecule has 2 aliphatic rings. The van der Waals surface area contributed by atoms with Gasteiger partial charge in [-0.1, -0.05) is 159 Å². The van der Waals surface area contributed by atoms with Crippen molar-refractivity contribution >= 4 is 54.5 Å². The van der Waals surface area contributed by atoms with E-state index in [1.54, 1.807) is 0 Å². The molecule has 1 aliphatic heterocycles. The highest BCUT2D eigenvalue weighted by Crippen LogP contribution is 2.61. The third kappa shape index (κ3) is 4.77. The van der Waals surface area contributed by atoms with Crippen molar-refractivity contribution in [1.82, 2.24) is 0 Å². The summed E-state index contributed by atoms with van der Waals surface area (Å²) in [5, 5.41) is 10.4. The summed E-state index contributed by atoms with van der Waals surface area (Å²) in [7, 11) is 0. The van der Waals surface area contributed by atoms with Crippen molar-refractivity contribution in [3.63, 3.8) is 0 Å². The van der Waals surface area contributed by atoms with E-state index in [-0.39, 0.29) is 5.54 Å². The summed E-state index contributed by atoms with van der Waals surface area (Å²) in [6, 6.07) is 70.7. The molecular weight excluding hydrogens is 699 g/mol. The van der Waals surface area contributed by atoms with Crippen molar-refractivity contribution in [2.24, 2.45) is 5.92 Å². The van der Waals surface area contributed by atoms with Gasteiger partial charge in [-0.2, -0.15) is 0 Å². The molecule has 0 radical (unpaired) electrons. The summed E-state index contributed by atoms with van der Waals surface area (Å²) in [6.07, 6.45) is 2.44. The minimum Gasteiger partial charge on any atom is -0.335 e. The van der Waals surface area contributed by atoms with Crippen molar-refractivity contribution in [2.45, 2.75) is 38.1 Å². The molecule has 1 heterocycles. The zero-order valence-electron chi connectivity index (χ0n) is 32.9. The SMILES string of the molecule is CC1CCC2(C)C1c1cc(-c3cc(-c4ccccc4)c4ccc5c(-c6cccc7ccccc67)cc(-c6ccccc6)c6ccc3c4c65)ccc1N2c1ccccc1. The number of benzene rings is 10. The second kappa shape index (κ2) is 12.7. The zero-order valence-corrected chi connectivity index (χ0v) is 32.9. The molecule has 3 unspecified atom stereocenters. The zero-order chi connectivity index (χ0) is 38.5. The first kappa shape index (κ1) is 33.4. The van der Waals surface area contributed by atoms with Gasteiger partial charge in [-0.25, -0.2) is 0 Å². The summed E-state index contributed by atoms with van der Waals surface area (Å²) in [5.41, 5.74) is 14.4. The van der Waals surface area contributed by atoms with E-state index in [1.165, 1.54) is 117 Å². The Morgan fingerprint density at radius 3 is 1.64 bits per heavy atom. The number of fused-ring (bicyclic) bond motifs is 4. The van der Waals surface area contributed by atoms with Crippen molar-refractivity contribution in [1.29, 1.82) is 0 Å². The molecule has 1 heteroatoms. The standard InChI is InChI=1S/C57H43N/c1-36-31-32-57(2)56(36)52-33-40(25-30-53(52)58(57)41-21-10-5-11-22-41)50-34-48(38-15-6-3-7-16-38)44-28-29-47-51(43-24-14-20-37-19-12-13-23-42(37)43)35-49(39-17-8-4-9-18-39)45-26-27-46(50)54(44)55(45)47/h3-30,33-36,56H,31-32H2,1-2H3. The monoisotopic (exact) mass is 741 g/mol. The number of hydrogen-bond acceptors (Lipinski definition) is 1. The van der Waals surface area contributed by atoms with E-state index >= 15 is 0 Å². The maximum absolute atomic E-state index is 2.67. The quantitative estimate of drug-likeness (QED) is 0.159. The van der Waals surface area contributed by atoms with Crippen molar-refractivity contribution in [3.05, 3.63) is 194 Å². The first-order chi connectivity index (χ1) is 28.6. The fraction of sp³-hybridized carbons (Fsp3) is 0.123. The van der Waals surface area contributed by atoms with Gasteiger partial charge in [-0.15, -0.1) is 0 Å². The van der Waals surface area contributed by atoms with E-state index in [4.69, 9.17) is 0 Å². The highest BCUT2D eigenvalue weighted by atomic mass is 15.2. The van der Waals surface area contributed by atoms with Gasteiger partial charge in [0.05, 0.1) is 0 Å². The van der Waals surface area contributed by atoms with Gasteiger partial charge in [-0.3, -0.25) is 0 Å². The number of nitrogens with zero attached hydrogens (tertiary/aromatic N) is 1. The molecule has 1 aliphatic carbocycles. The van der Waals surface area contributed by atoms with Gasteiger partial charge in [-0.05, 0) is 155 Å². The second-order valence-corrected chi connectivity index (χ2v) is 17.1. The molecular formula is C57H43N. The summed E-state index contributed by atoms with van der Waals surface area (Å²) in [4.78, 5) is 2.67. The second-order valence-electron chi connectivity index (χ2n) is 17.1. The van der Waals surface area contributed by atoms with Gasteiger partial charge in [0.2, 0.25) is 0 Å². The maximum Gasteiger partial charge on any atom is 0.0495 e. The largest absolute Gasteiger partial charge is 0.335 e. The lowest BCUT2D eigenvalue weighted by molar-refractivity contribution is 0.414. The van der Waals surface area contributed by atoms with Crippen LogP contribution in [0.4, 0.5) is 11.4 Å². The lowest BCUT2D eigenvalue weighted by Crippen LogP contribution is -2.40. The van der Waals surface area contributed by atoms with E-state index in [0.717, 1.165) is 0 Å². The third-order valence-electron chi connectivity index (χ3n) is 13.9. The summed E-state index contributed by atoms with van der Waals surface area (Å²) >= 11 is 0. The highest BCUT2D eigenvalue weighted by Gasteiger charge is 2.54. The van der Waals surface area contributed by atoms with Gasteiger partial charge in [0.1, 0.15) is 0 Å². The number of para-hydroxylation sites is 1. The maximum atomic E-state index is 2.67. The molecule has 0 aromatic heterocycles. The Kier molecular flexibility index (Phi) is 7.29. The average Bonchev–Trinajstić information content (AvgIpc) is 3.73. The Bertz CT molecular complexity index is 3200. The van der Waals surface area contributed by atoms with Gasteiger partial charge in [0.25, 0.3) is 0 Å². The molecule has 0 saturated heterocycles.